The van der Waals surface area contributed by atoms with Crippen molar-refractivity contribution in [2.45, 2.75) is 6.04 Å². The highest BCUT2D eigenvalue weighted by atomic mass is 35.5. The Morgan fingerprint density at radius 3 is 2.81 bits per heavy atom. The first-order valence-corrected chi connectivity index (χ1v) is 4.79. The van der Waals surface area contributed by atoms with Gasteiger partial charge in [0.2, 0.25) is 5.91 Å². The van der Waals surface area contributed by atoms with Crippen LogP contribution >= 0.6 is 11.6 Å². The van der Waals surface area contributed by atoms with Crippen LogP contribution in [0.3, 0.4) is 0 Å². The number of rotatable bonds is 4. The number of nitriles is 1. The first kappa shape index (κ1) is 12.3. The van der Waals surface area contributed by atoms with E-state index in [0.717, 1.165) is 0 Å². The van der Waals surface area contributed by atoms with Crippen molar-refractivity contribution in [2.24, 2.45) is 11.5 Å². The van der Waals surface area contributed by atoms with Crippen LogP contribution < -0.4 is 16.2 Å². The summed E-state index contributed by atoms with van der Waals surface area (Å²) in [5.74, 6) is -0.290. The molecule has 1 amide bonds. The van der Waals surface area contributed by atoms with Gasteiger partial charge in [-0.25, -0.2) is 0 Å². The summed E-state index contributed by atoms with van der Waals surface area (Å²) in [5, 5.41) is 8.90. The number of benzene rings is 1. The van der Waals surface area contributed by atoms with Crippen LogP contribution in [-0.4, -0.2) is 18.6 Å². The Labute approximate surface area is 97.5 Å². The molecule has 1 aromatic carbocycles. The van der Waals surface area contributed by atoms with Crippen molar-refractivity contribution in [2.75, 3.05) is 6.61 Å². The van der Waals surface area contributed by atoms with E-state index in [2.05, 4.69) is 0 Å². The minimum Gasteiger partial charge on any atom is -0.490 e. The molecule has 6 heteroatoms. The smallest absolute Gasteiger partial charge is 0.237 e. The van der Waals surface area contributed by atoms with Gasteiger partial charge in [0.05, 0.1) is 16.7 Å². The fraction of sp³-hybridized carbons (Fsp3) is 0.200. The van der Waals surface area contributed by atoms with Gasteiger partial charge in [-0.05, 0) is 18.2 Å². The maximum atomic E-state index is 10.6. The van der Waals surface area contributed by atoms with E-state index in [1.165, 1.54) is 12.1 Å². The largest absolute Gasteiger partial charge is 0.490 e. The van der Waals surface area contributed by atoms with E-state index in [1.807, 2.05) is 6.07 Å². The number of nitrogens with zero attached hydrogens (tertiary/aromatic N) is 1. The van der Waals surface area contributed by atoms with Crippen molar-refractivity contribution in [1.82, 2.24) is 0 Å². The first-order chi connectivity index (χ1) is 7.54. The molecular formula is C10H10ClN3O2. The number of hydrogen-bond acceptors (Lipinski definition) is 4. The van der Waals surface area contributed by atoms with Crippen LogP contribution in [0.2, 0.25) is 5.02 Å². The average molecular weight is 240 g/mol. The van der Waals surface area contributed by atoms with Crippen LogP contribution in [0.4, 0.5) is 0 Å². The fourth-order valence-electron chi connectivity index (χ4n) is 0.949. The second kappa shape index (κ2) is 5.35. The summed E-state index contributed by atoms with van der Waals surface area (Å²) in [6.45, 7) is -0.0546. The number of nitrogens with two attached hydrogens (primary N) is 2. The maximum absolute atomic E-state index is 10.6. The highest BCUT2D eigenvalue weighted by Gasteiger charge is 2.11. The van der Waals surface area contributed by atoms with Crippen molar-refractivity contribution in [3.8, 4) is 11.8 Å². The fourth-order valence-corrected chi connectivity index (χ4v) is 1.18. The minimum absolute atomic E-state index is 0.0546. The molecule has 0 heterocycles. The molecule has 0 saturated heterocycles. The standard InChI is InChI=1S/C10H10ClN3O2/c11-7-3-6(4-12)1-2-9(7)16-5-8(13)10(14)15/h1-3,8H,5,13H2,(H2,14,15). The van der Waals surface area contributed by atoms with E-state index in [9.17, 15) is 4.79 Å². The third kappa shape index (κ3) is 3.12. The molecule has 0 aromatic heterocycles. The minimum atomic E-state index is -0.883. The lowest BCUT2D eigenvalue weighted by Crippen LogP contribution is -2.41. The zero-order chi connectivity index (χ0) is 12.1. The van der Waals surface area contributed by atoms with Gasteiger partial charge in [0.1, 0.15) is 18.4 Å². The van der Waals surface area contributed by atoms with Crippen molar-refractivity contribution >= 4 is 17.5 Å². The van der Waals surface area contributed by atoms with Crippen LogP contribution in [0.5, 0.6) is 5.75 Å². The molecule has 0 radical (unpaired) electrons. The molecule has 0 aliphatic carbocycles. The van der Waals surface area contributed by atoms with Gasteiger partial charge in [-0.3, -0.25) is 4.79 Å². The van der Waals surface area contributed by atoms with Gasteiger partial charge in [-0.1, -0.05) is 11.6 Å². The number of carbonyl (C=O) groups is 1. The van der Waals surface area contributed by atoms with E-state index in [0.29, 0.717) is 11.3 Å². The number of amides is 1. The summed E-state index contributed by atoms with van der Waals surface area (Å²) in [4.78, 5) is 10.6. The van der Waals surface area contributed by atoms with E-state index in [4.69, 9.17) is 33.1 Å². The SMILES string of the molecule is N#Cc1ccc(OCC(N)C(N)=O)c(Cl)c1. The molecule has 1 unspecified atom stereocenters. The summed E-state index contributed by atoms with van der Waals surface area (Å²) >= 11 is 5.84. The molecule has 1 rings (SSSR count). The Balaban J connectivity index is 2.69. The Morgan fingerprint density at radius 2 is 2.31 bits per heavy atom. The molecule has 0 bridgehead atoms. The third-order valence-corrected chi connectivity index (χ3v) is 2.14. The molecule has 5 nitrogen and oxygen atoms in total. The number of primary amides is 1. The third-order valence-electron chi connectivity index (χ3n) is 1.84. The van der Waals surface area contributed by atoms with E-state index in [-0.39, 0.29) is 11.6 Å². The Hall–Kier alpha value is -1.77. The molecule has 1 atom stereocenters. The van der Waals surface area contributed by atoms with E-state index < -0.39 is 11.9 Å². The summed E-state index contributed by atoms with van der Waals surface area (Å²) in [7, 11) is 0. The molecular weight excluding hydrogens is 230 g/mol. The van der Waals surface area contributed by atoms with Crippen molar-refractivity contribution < 1.29 is 9.53 Å². The van der Waals surface area contributed by atoms with Crippen LogP contribution in [-0.2, 0) is 4.79 Å². The molecule has 0 spiro atoms. The quantitative estimate of drug-likeness (QED) is 0.794. The van der Waals surface area contributed by atoms with Crippen molar-refractivity contribution in [3.05, 3.63) is 28.8 Å². The maximum Gasteiger partial charge on any atom is 0.237 e. The second-order valence-electron chi connectivity index (χ2n) is 3.08. The number of halogens is 1. The Bertz CT molecular complexity index is 442. The normalized spacial score (nSPS) is 11.6. The lowest BCUT2D eigenvalue weighted by molar-refractivity contribution is -0.119. The molecule has 84 valence electrons. The predicted molar refractivity (Wildman–Crippen MR) is 58.8 cm³/mol. The molecule has 0 fully saturated rings. The van der Waals surface area contributed by atoms with Crippen LogP contribution in [0.15, 0.2) is 18.2 Å². The van der Waals surface area contributed by atoms with Gasteiger partial charge in [-0.2, -0.15) is 5.26 Å². The highest BCUT2D eigenvalue weighted by Crippen LogP contribution is 2.25. The molecule has 0 aliphatic rings. The van der Waals surface area contributed by atoms with Gasteiger partial charge in [0.25, 0.3) is 0 Å². The van der Waals surface area contributed by atoms with Crippen molar-refractivity contribution in [3.63, 3.8) is 0 Å². The van der Waals surface area contributed by atoms with Crippen LogP contribution in [0, 0.1) is 11.3 Å². The van der Waals surface area contributed by atoms with Gasteiger partial charge in [0, 0.05) is 0 Å². The Kier molecular flexibility index (Phi) is 4.11. The van der Waals surface area contributed by atoms with Crippen molar-refractivity contribution in [1.29, 1.82) is 5.26 Å². The predicted octanol–water partition coefficient (Wildman–Crippen LogP) is 0.403. The summed E-state index contributed by atoms with van der Waals surface area (Å²) in [6, 6.07) is 5.61. The average Bonchev–Trinajstić information content (AvgIpc) is 2.26. The molecule has 16 heavy (non-hydrogen) atoms. The summed E-state index contributed by atoms with van der Waals surface area (Å²) < 4.78 is 5.19. The van der Waals surface area contributed by atoms with Crippen LogP contribution in [0.1, 0.15) is 5.56 Å². The zero-order valence-corrected chi connectivity index (χ0v) is 9.07. The first-order valence-electron chi connectivity index (χ1n) is 4.42. The molecule has 0 aliphatic heterocycles. The number of hydrogen-bond donors (Lipinski definition) is 2. The number of carbonyl (C=O) groups excluding carboxylic acids is 1. The summed E-state index contributed by atoms with van der Waals surface area (Å²) in [5.41, 5.74) is 10.8. The molecule has 1 aromatic rings. The lowest BCUT2D eigenvalue weighted by atomic mass is 10.2. The van der Waals surface area contributed by atoms with Gasteiger partial charge in [0.15, 0.2) is 0 Å². The second-order valence-corrected chi connectivity index (χ2v) is 3.48. The zero-order valence-electron chi connectivity index (χ0n) is 8.31. The number of ether oxygens (including phenoxy) is 1. The molecule has 4 N–H and O–H groups in total. The Morgan fingerprint density at radius 1 is 1.62 bits per heavy atom. The van der Waals surface area contributed by atoms with E-state index >= 15 is 0 Å². The van der Waals surface area contributed by atoms with E-state index in [1.54, 1.807) is 6.07 Å². The highest BCUT2D eigenvalue weighted by molar-refractivity contribution is 6.32. The van der Waals surface area contributed by atoms with Gasteiger partial charge >= 0.3 is 0 Å². The van der Waals surface area contributed by atoms with Crippen LogP contribution in [0.25, 0.3) is 0 Å². The molecule has 0 saturated carbocycles. The lowest BCUT2D eigenvalue weighted by Gasteiger charge is -2.11. The monoisotopic (exact) mass is 239 g/mol. The topological polar surface area (TPSA) is 102 Å². The van der Waals surface area contributed by atoms with Gasteiger partial charge in [-0.15, -0.1) is 0 Å². The summed E-state index contributed by atoms with van der Waals surface area (Å²) in [6.07, 6.45) is 0. The van der Waals surface area contributed by atoms with Gasteiger partial charge < -0.3 is 16.2 Å².